The van der Waals surface area contributed by atoms with Gasteiger partial charge in [-0.3, -0.25) is 0 Å². The van der Waals surface area contributed by atoms with Gasteiger partial charge < -0.3 is 5.32 Å². The fourth-order valence-corrected chi connectivity index (χ4v) is 2.07. The second-order valence-electron chi connectivity index (χ2n) is 3.09. The van der Waals surface area contributed by atoms with Crippen molar-refractivity contribution in [3.63, 3.8) is 0 Å². The van der Waals surface area contributed by atoms with E-state index in [9.17, 15) is 0 Å². The van der Waals surface area contributed by atoms with Crippen LogP contribution in [0.4, 0.5) is 5.69 Å². The van der Waals surface area contributed by atoms with Gasteiger partial charge in [-0.05, 0) is 19.1 Å². The molecule has 0 spiro atoms. The van der Waals surface area contributed by atoms with Gasteiger partial charge in [0.15, 0.2) is 0 Å². The fourth-order valence-electron chi connectivity index (χ4n) is 1.17. The van der Waals surface area contributed by atoms with Crippen LogP contribution in [0.2, 0.25) is 5.15 Å². The molecule has 3 nitrogen and oxygen atoms in total. The molecule has 0 bridgehead atoms. The summed E-state index contributed by atoms with van der Waals surface area (Å²) in [7, 11) is 0. The average Bonchev–Trinajstić information content (AvgIpc) is 2.62. The van der Waals surface area contributed by atoms with Gasteiger partial charge in [0.05, 0.1) is 6.54 Å². The van der Waals surface area contributed by atoms with Gasteiger partial charge in [-0.25, -0.2) is 9.97 Å². The molecule has 0 amide bonds. The molecule has 0 radical (unpaired) electrons. The highest BCUT2D eigenvalue weighted by Crippen LogP contribution is 2.15. The number of rotatable bonds is 3. The molecule has 0 saturated heterocycles. The summed E-state index contributed by atoms with van der Waals surface area (Å²) in [4.78, 5) is 9.39. The lowest BCUT2D eigenvalue weighted by Gasteiger charge is -2.03. The molecule has 2 heterocycles. The van der Waals surface area contributed by atoms with Crippen LogP contribution in [0.5, 0.6) is 0 Å². The molecule has 2 aromatic rings. The maximum atomic E-state index is 5.77. The van der Waals surface area contributed by atoms with E-state index in [1.807, 2.05) is 19.2 Å². The van der Waals surface area contributed by atoms with Crippen molar-refractivity contribution < 1.29 is 0 Å². The van der Waals surface area contributed by atoms with Crippen LogP contribution in [0.25, 0.3) is 0 Å². The first-order valence-corrected chi connectivity index (χ1v) is 5.70. The Bertz CT molecular complexity index is 455. The van der Waals surface area contributed by atoms with Gasteiger partial charge in [0.1, 0.15) is 10.2 Å². The second-order valence-corrected chi connectivity index (χ2v) is 4.79. The van der Waals surface area contributed by atoms with Gasteiger partial charge >= 0.3 is 0 Å². The zero-order valence-corrected chi connectivity index (χ0v) is 9.77. The van der Waals surface area contributed by atoms with E-state index >= 15 is 0 Å². The number of aryl methyl sites for hydroxylation is 1. The molecule has 1 N–H and O–H groups in total. The predicted molar refractivity (Wildman–Crippen MR) is 63.4 cm³/mol. The smallest absolute Gasteiger partial charge is 0.131 e. The van der Waals surface area contributed by atoms with Crippen LogP contribution < -0.4 is 5.32 Å². The minimum absolute atomic E-state index is 0.496. The van der Waals surface area contributed by atoms with Crippen LogP contribution in [-0.2, 0) is 6.54 Å². The van der Waals surface area contributed by atoms with Crippen molar-refractivity contribution in [1.29, 1.82) is 0 Å². The summed E-state index contributed by atoms with van der Waals surface area (Å²) in [6.07, 6.45) is 3.55. The Labute approximate surface area is 97.2 Å². The first-order valence-electron chi connectivity index (χ1n) is 4.51. The maximum absolute atomic E-state index is 5.77. The molecule has 0 aliphatic carbocycles. The number of anilines is 1. The number of halogens is 1. The topological polar surface area (TPSA) is 37.8 Å². The van der Waals surface area contributed by atoms with Gasteiger partial charge in [-0.2, -0.15) is 0 Å². The number of aromatic nitrogens is 2. The third kappa shape index (κ3) is 2.91. The Morgan fingerprint density at radius 2 is 2.33 bits per heavy atom. The molecule has 0 fully saturated rings. The van der Waals surface area contributed by atoms with E-state index in [2.05, 4.69) is 15.3 Å². The van der Waals surface area contributed by atoms with Crippen LogP contribution >= 0.6 is 22.9 Å². The van der Waals surface area contributed by atoms with E-state index in [1.54, 1.807) is 23.6 Å². The van der Waals surface area contributed by atoms with E-state index in [-0.39, 0.29) is 0 Å². The second kappa shape index (κ2) is 4.59. The van der Waals surface area contributed by atoms with E-state index < -0.39 is 0 Å². The Morgan fingerprint density at radius 1 is 1.47 bits per heavy atom. The van der Waals surface area contributed by atoms with Crippen LogP contribution in [-0.4, -0.2) is 9.97 Å². The quantitative estimate of drug-likeness (QED) is 0.837. The van der Waals surface area contributed by atoms with E-state index in [1.165, 1.54) is 4.88 Å². The fraction of sp³-hybridized carbons (Fsp3) is 0.200. The van der Waals surface area contributed by atoms with Gasteiger partial charge in [-0.1, -0.05) is 11.6 Å². The zero-order chi connectivity index (χ0) is 10.7. The monoisotopic (exact) mass is 239 g/mol. The number of thiazole rings is 1. The van der Waals surface area contributed by atoms with Crippen molar-refractivity contribution >= 4 is 28.6 Å². The molecular weight excluding hydrogens is 230 g/mol. The van der Waals surface area contributed by atoms with E-state index in [4.69, 9.17) is 11.6 Å². The summed E-state index contributed by atoms with van der Waals surface area (Å²) in [6.45, 7) is 2.77. The molecule has 0 saturated carbocycles. The summed E-state index contributed by atoms with van der Waals surface area (Å²) in [5.41, 5.74) is 0.961. The van der Waals surface area contributed by atoms with Crippen molar-refractivity contribution in [2.75, 3.05) is 5.32 Å². The summed E-state index contributed by atoms with van der Waals surface area (Å²) in [6, 6.07) is 3.67. The van der Waals surface area contributed by atoms with Crippen LogP contribution in [0, 0.1) is 6.92 Å². The lowest BCUT2D eigenvalue weighted by Crippen LogP contribution is -1.98. The lowest BCUT2D eigenvalue weighted by molar-refractivity contribution is 1.10. The molecule has 15 heavy (non-hydrogen) atoms. The van der Waals surface area contributed by atoms with Crippen molar-refractivity contribution in [2.24, 2.45) is 0 Å². The highest BCUT2D eigenvalue weighted by molar-refractivity contribution is 7.11. The Balaban J connectivity index is 1.99. The van der Waals surface area contributed by atoms with Gasteiger partial charge in [0, 0.05) is 23.0 Å². The van der Waals surface area contributed by atoms with Crippen LogP contribution in [0.1, 0.15) is 9.88 Å². The largest absolute Gasteiger partial charge is 0.378 e. The molecule has 0 atom stereocenters. The van der Waals surface area contributed by atoms with Gasteiger partial charge in [-0.15, -0.1) is 11.3 Å². The number of nitrogens with one attached hydrogen (secondary N) is 1. The number of hydrogen-bond donors (Lipinski definition) is 1. The molecule has 0 unspecified atom stereocenters. The Morgan fingerprint density at radius 3 is 3.00 bits per heavy atom. The predicted octanol–water partition coefficient (Wildman–Crippen LogP) is 3.11. The van der Waals surface area contributed by atoms with Crippen LogP contribution in [0.3, 0.4) is 0 Å². The van der Waals surface area contributed by atoms with Crippen molar-refractivity contribution in [1.82, 2.24) is 9.97 Å². The number of pyridine rings is 1. The van der Waals surface area contributed by atoms with Gasteiger partial charge in [0.2, 0.25) is 0 Å². The third-order valence-electron chi connectivity index (χ3n) is 1.84. The summed E-state index contributed by atoms with van der Waals surface area (Å²) >= 11 is 7.46. The highest BCUT2D eigenvalue weighted by atomic mass is 35.5. The molecule has 0 aliphatic rings. The summed E-state index contributed by atoms with van der Waals surface area (Å²) in [5, 5.41) is 4.80. The molecule has 5 heteroatoms. The molecule has 0 aliphatic heterocycles. The summed E-state index contributed by atoms with van der Waals surface area (Å²) in [5.74, 6) is 0. The van der Waals surface area contributed by atoms with Crippen LogP contribution in [0.15, 0.2) is 24.5 Å². The Hall–Kier alpha value is -1.13. The highest BCUT2D eigenvalue weighted by Gasteiger charge is 1.99. The molecule has 2 rings (SSSR count). The lowest BCUT2D eigenvalue weighted by atomic mass is 10.4. The maximum Gasteiger partial charge on any atom is 0.131 e. The first kappa shape index (κ1) is 10.4. The minimum Gasteiger partial charge on any atom is -0.378 e. The van der Waals surface area contributed by atoms with Crippen molar-refractivity contribution in [3.8, 4) is 0 Å². The zero-order valence-electron chi connectivity index (χ0n) is 8.20. The average molecular weight is 240 g/mol. The SMILES string of the molecule is Cc1cnc(CNc2ccnc(Cl)c2)s1. The number of hydrogen-bond acceptors (Lipinski definition) is 4. The Kier molecular flexibility index (Phi) is 3.18. The van der Waals surface area contributed by atoms with Gasteiger partial charge in [0.25, 0.3) is 0 Å². The van der Waals surface area contributed by atoms with E-state index in [0.717, 1.165) is 17.2 Å². The first-order chi connectivity index (χ1) is 7.24. The molecule has 78 valence electrons. The normalized spacial score (nSPS) is 10.3. The van der Waals surface area contributed by atoms with E-state index in [0.29, 0.717) is 5.15 Å². The summed E-state index contributed by atoms with van der Waals surface area (Å²) < 4.78 is 0. The standard InChI is InChI=1S/C10H10ClN3S/c1-7-5-14-10(15-7)6-13-8-2-3-12-9(11)4-8/h2-5H,6H2,1H3,(H,12,13). The molecule has 2 aromatic heterocycles. The molecular formula is C10H10ClN3S. The minimum atomic E-state index is 0.496. The number of nitrogens with zero attached hydrogens (tertiary/aromatic N) is 2. The van der Waals surface area contributed by atoms with Crippen molar-refractivity contribution in [3.05, 3.63) is 39.6 Å². The van der Waals surface area contributed by atoms with Crippen molar-refractivity contribution in [2.45, 2.75) is 13.5 Å². The molecule has 0 aromatic carbocycles. The third-order valence-corrected chi connectivity index (χ3v) is 2.96.